The average molecular weight is 375 g/mol. The molecule has 0 aliphatic carbocycles. The summed E-state index contributed by atoms with van der Waals surface area (Å²) in [5, 5.41) is 10.8. The van der Waals surface area contributed by atoms with E-state index in [0.29, 0.717) is 17.1 Å². The van der Waals surface area contributed by atoms with Gasteiger partial charge in [0.05, 0.1) is 22.1 Å². The number of nitrogens with one attached hydrogen (secondary N) is 1. The maximum atomic E-state index is 13.9. The van der Waals surface area contributed by atoms with E-state index in [9.17, 15) is 33.6 Å². The van der Waals surface area contributed by atoms with Gasteiger partial charge in [-0.05, 0) is 13.3 Å². The third kappa shape index (κ3) is 4.01. The van der Waals surface area contributed by atoms with Gasteiger partial charge in [0.25, 0.3) is 0 Å². The van der Waals surface area contributed by atoms with Crippen molar-refractivity contribution in [3.63, 3.8) is 0 Å². The second-order valence-electron chi connectivity index (χ2n) is 5.37. The number of halogens is 1. The third-order valence-electron chi connectivity index (χ3n) is 3.48. The van der Waals surface area contributed by atoms with Gasteiger partial charge in [-0.15, -0.1) is 0 Å². The molecule has 1 aromatic heterocycles. The molecule has 2 rings (SSSR count). The van der Waals surface area contributed by atoms with Gasteiger partial charge >= 0.3 is 24.4 Å². The van der Waals surface area contributed by atoms with E-state index in [1.807, 2.05) is 0 Å². The zero-order valence-corrected chi connectivity index (χ0v) is 14.2. The quantitative estimate of drug-likeness (QED) is 0.338. The normalized spacial score (nSPS) is 15.0. The van der Waals surface area contributed by atoms with Crippen LogP contribution in [0.3, 0.4) is 0 Å². The van der Waals surface area contributed by atoms with Gasteiger partial charge in [-0.3, -0.25) is 28.8 Å². The summed E-state index contributed by atoms with van der Waals surface area (Å²) >= 11 is 0. The van der Waals surface area contributed by atoms with Crippen LogP contribution in [0.5, 0.6) is 0 Å². The zero-order chi connectivity index (χ0) is 18.9. The van der Waals surface area contributed by atoms with E-state index in [1.54, 1.807) is 13.8 Å². The Morgan fingerprint density at radius 1 is 1.48 bits per heavy atom. The molecule has 0 spiro atoms. The summed E-state index contributed by atoms with van der Waals surface area (Å²) in [4.78, 5) is 45.5. The number of benzene rings is 1. The second-order valence-corrected chi connectivity index (χ2v) is 7.14. The van der Waals surface area contributed by atoms with Gasteiger partial charge in [0.1, 0.15) is 6.29 Å². The molecule has 2 atom stereocenters. The van der Waals surface area contributed by atoms with Crippen molar-refractivity contribution in [3.05, 3.63) is 48.8 Å². The first-order chi connectivity index (χ1) is 11.6. The molecule has 0 radical (unpaired) electrons. The zero-order valence-electron chi connectivity index (χ0n) is 13.3. The van der Waals surface area contributed by atoms with E-state index in [4.69, 9.17) is 4.52 Å². The van der Waals surface area contributed by atoms with E-state index >= 15 is 0 Å². The fraction of sp³-hybridized carbons (Fsp3) is 0.385. The van der Waals surface area contributed by atoms with Gasteiger partial charge in [-0.2, -0.15) is 4.39 Å². The van der Waals surface area contributed by atoms with Crippen molar-refractivity contribution >= 4 is 24.3 Å². The molecule has 0 aliphatic heterocycles. The predicted molar refractivity (Wildman–Crippen MR) is 86.1 cm³/mol. The van der Waals surface area contributed by atoms with E-state index in [1.165, 1.54) is 0 Å². The van der Waals surface area contributed by atoms with Crippen LogP contribution in [0.4, 0.5) is 10.1 Å². The molecule has 0 aliphatic rings. The van der Waals surface area contributed by atoms with E-state index in [-0.39, 0.29) is 11.0 Å². The van der Waals surface area contributed by atoms with E-state index in [2.05, 4.69) is 4.98 Å². The predicted octanol–water partition coefficient (Wildman–Crippen LogP) is 1.70. The minimum absolute atomic E-state index is 0.221. The van der Waals surface area contributed by atoms with Crippen LogP contribution in [0.1, 0.15) is 20.3 Å². The molecule has 136 valence electrons. The molecule has 12 heteroatoms. The first-order valence-corrected chi connectivity index (χ1v) is 8.93. The molecular weight excluding hydrogens is 360 g/mol. The van der Waals surface area contributed by atoms with Gasteiger partial charge in [-0.25, -0.2) is 0 Å². The van der Waals surface area contributed by atoms with Gasteiger partial charge in [0.2, 0.25) is 5.82 Å². The van der Waals surface area contributed by atoms with Crippen molar-refractivity contribution in [1.29, 1.82) is 0 Å². The van der Waals surface area contributed by atoms with Crippen molar-refractivity contribution in [1.82, 2.24) is 9.55 Å². The van der Waals surface area contributed by atoms with Crippen LogP contribution in [0.25, 0.3) is 11.0 Å². The molecule has 0 saturated carbocycles. The molecule has 0 amide bonds. The van der Waals surface area contributed by atoms with Crippen molar-refractivity contribution in [2.75, 3.05) is 0 Å². The van der Waals surface area contributed by atoms with E-state index in [0.717, 1.165) is 6.07 Å². The highest BCUT2D eigenvalue weighted by atomic mass is 31.2. The summed E-state index contributed by atoms with van der Waals surface area (Å²) in [6.07, 6.45) is -1.05. The Morgan fingerprint density at radius 3 is 2.68 bits per heavy atom. The lowest BCUT2D eigenvalue weighted by Gasteiger charge is -2.18. The fourth-order valence-corrected chi connectivity index (χ4v) is 3.55. The van der Waals surface area contributed by atoms with Crippen molar-refractivity contribution in [3.8, 4) is 0 Å². The fourth-order valence-electron chi connectivity index (χ4n) is 2.13. The molecule has 1 heterocycles. The maximum Gasteiger partial charge on any atom is 0.348 e. The van der Waals surface area contributed by atoms with Crippen LogP contribution in [-0.2, 0) is 15.4 Å². The van der Waals surface area contributed by atoms with Crippen LogP contribution < -0.4 is 11.1 Å². The Balaban J connectivity index is 2.67. The minimum Gasteiger partial charge on any atom is -0.323 e. The van der Waals surface area contributed by atoms with Gasteiger partial charge in [0, 0.05) is 12.1 Å². The maximum absolute atomic E-state index is 13.9. The Hall–Kier alpha value is -2.36. The Bertz CT molecular complexity index is 1000. The number of aromatic nitrogens is 2. The smallest absolute Gasteiger partial charge is 0.323 e. The summed E-state index contributed by atoms with van der Waals surface area (Å²) in [7, 11) is -4.33. The van der Waals surface area contributed by atoms with Gasteiger partial charge < -0.3 is 14.4 Å². The number of hydrogen-bond donors (Lipinski definition) is 2. The molecule has 1 aromatic carbocycles. The molecule has 10 nitrogen and oxygen atoms in total. The van der Waals surface area contributed by atoms with Crippen LogP contribution in [0, 0.1) is 15.9 Å². The molecule has 0 saturated heterocycles. The summed E-state index contributed by atoms with van der Waals surface area (Å²) < 4.78 is 31.6. The number of H-pyrrole nitrogens is 1. The Labute approximate surface area is 139 Å². The van der Waals surface area contributed by atoms with Gasteiger partial charge in [-0.1, -0.05) is 6.92 Å². The van der Waals surface area contributed by atoms with Crippen molar-refractivity contribution < 1.29 is 23.3 Å². The van der Waals surface area contributed by atoms with Crippen molar-refractivity contribution in [2.45, 2.75) is 32.7 Å². The average Bonchev–Trinajstić information content (AvgIpc) is 2.51. The topological polar surface area (TPSA) is 145 Å². The lowest BCUT2D eigenvalue weighted by atomic mass is 10.2. The highest BCUT2D eigenvalue weighted by Crippen LogP contribution is 2.45. The lowest BCUT2D eigenvalue weighted by molar-refractivity contribution is -0.387. The first-order valence-electron chi connectivity index (χ1n) is 7.16. The third-order valence-corrected chi connectivity index (χ3v) is 4.81. The van der Waals surface area contributed by atoms with Crippen LogP contribution in [0.2, 0.25) is 0 Å². The minimum atomic E-state index is -4.33. The number of nitro benzene ring substituents is 1. The van der Waals surface area contributed by atoms with Crippen LogP contribution in [0.15, 0.2) is 21.7 Å². The van der Waals surface area contributed by atoms with E-state index < -0.39 is 47.5 Å². The summed E-state index contributed by atoms with van der Waals surface area (Å²) in [6.45, 7) is 3.26. The number of fused-ring (bicyclic) bond motifs is 1. The van der Waals surface area contributed by atoms with Crippen LogP contribution >= 0.6 is 7.60 Å². The van der Waals surface area contributed by atoms with Crippen LogP contribution in [-0.4, -0.2) is 25.5 Å². The standard InChI is InChI=1S/C13H15FN3O7P/c1-3-7(2)24-25(22,23)6-16-11-4-8(14)10(17(20)21)5-9(11)15-12(18)13(16)19/h4-5,7H,3,6H2,1-2H3,(H,15,18)(H,22,23). The summed E-state index contributed by atoms with van der Waals surface area (Å²) in [6, 6.07) is 1.38. The lowest BCUT2D eigenvalue weighted by Crippen LogP contribution is -2.36. The molecule has 0 fully saturated rings. The Kier molecular flexibility index (Phi) is 5.21. The SMILES string of the molecule is CCC(C)OP(=O)(O)Cn1c(=O)c(=O)[nH]c2cc([N+](=O)[O-])c(F)cc21. The number of aromatic amines is 1. The molecular formula is C13H15FN3O7P. The first kappa shape index (κ1) is 19.0. The highest BCUT2D eigenvalue weighted by molar-refractivity contribution is 7.51. The summed E-state index contributed by atoms with van der Waals surface area (Å²) in [5.74, 6) is -1.26. The second kappa shape index (κ2) is 6.87. The Morgan fingerprint density at radius 2 is 2.12 bits per heavy atom. The highest BCUT2D eigenvalue weighted by Gasteiger charge is 2.26. The molecule has 0 bridgehead atoms. The monoisotopic (exact) mass is 375 g/mol. The molecule has 2 aromatic rings. The number of nitrogens with zero attached hydrogens (tertiary/aromatic N) is 2. The molecule has 25 heavy (non-hydrogen) atoms. The molecule has 2 N–H and O–H groups in total. The van der Waals surface area contributed by atoms with Crippen molar-refractivity contribution in [2.24, 2.45) is 0 Å². The molecule has 2 unspecified atom stereocenters. The number of nitro groups is 1. The number of hydrogen-bond acceptors (Lipinski definition) is 6. The summed E-state index contributed by atoms with van der Waals surface area (Å²) in [5.41, 5.74) is -3.77. The van der Waals surface area contributed by atoms with Gasteiger partial charge in [0.15, 0.2) is 0 Å². The largest absolute Gasteiger partial charge is 0.348 e. The number of rotatable bonds is 6.